The molecule has 1 heterocycles. The van der Waals surface area contributed by atoms with Gasteiger partial charge in [0.1, 0.15) is 5.82 Å². The summed E-state index contributed by atoms with van der Waals surface area (Å²) >= 11 is 3.29. The van der Waals surface area contributed by atoms with Crippen LogP contribution in [0.3, 0.4) is 0 Å². The molecular formula is C14H12BrFN2O2. The van der Waals surface area contributed by atoms with Crippen LogP contribution in [0.4, 0.5) is 4.39 Å². The molecule has 0 amide bonds. The van der Waals surface area contributed by atoms with Crippen LogP contribution in [0.15, 0.2) is 41.0 Å². The lowest BCUT2D eigenvalue weighted by molar-refractivity contribution is 0.0696. The number of hydrogen-bond acceptors (Lipinski definition) is 3. The number of benzene rings is 1. The van der Waals surface area contributed by atoms with Crippen LogP contribution >= 0.6 is 15.9 Å². The van der Waals surface area contributed by atoms with Crippen molar-refractivity contribution in [3.63, 3.8) is 0 Å². The topological polar surface area (TPSA) is 62.2 Å². The lowest BCUT2D eigenvalue weighted by Gasteiger charge is -2.06. The van der Waals surface area contributed by atoms with Gasteiger partial charge in [-0.2, -0.15) is 0 Å². The second-order valence-corrected chi connectivity index (χ2v) is 5.10. The molecule has 2 rings (SSSR count). The molecule has 0 aliphatic carbocycles. The monoisotopic (exact) mass is 338 g/mol. The van der Waals surface area contributed by atoms with Crippen molar-refractivity contribution in [2.24, 2.45) is 0 Å². The molecule has 0 radical (unpaired) electrons. The fourth-order valence-corrected chi connectivity index (χ4v) is 2.07. The first-order valence-electron chi connectivity index (χ1n) is 5.89. The van der Waals surface area contributed by atoms with Gasteiger partial charge in [0, 0.05) is 29.3 Å². The van der Waals surface area contributed by atoms with E-state index in [4.69, 9.17) is 5.11 Å². The fraction of sp³-hybridized carbons (Fsp3) is 0.143. The summed E-state index contributed by atoms with van der Waals surface area (Å²) in [7, 11) is 0. The smallest absolute Gasteiger partial charge is 0.337 e. The van der Waals surface area contributed by atoms with Crippen molar-refractivity contribution in [3.05, 3.63) is 63.6 Å². The zero-order valence-corrected chi connectivity index (χ0v) is 12.0. The van der Waals surface area contributed by atoms with Crippen LogP contribution in [-0.4, -0.2) is 16.1 Å². The van der Waals surface area contributed by atoms with Gasteiger partial charge in [-0.15, -0.1) is 0 Å². The second kappa shape index (κ2) is 6.58. The highest BCUT2D eigenvalue weighted by molar-refractivity contribution is 9.10. The molecule has 1 aromatic heterocycles. The minimum Gasteiger partial charge on any atom is -0.478 e. The van der Waals surface area contributed by atoms with E-state index in [9.17, 15) is 9.18 Å². The second-order valence-electron chi connectivity index (χ2n) is 4.18. The molecule has 104 valence electrons. The van der Waals surface area contributed by atoms with Crippen LogP contribution in [0.25, 0.3) is 0 Å². The van der Waals surface area contributed by atoms with Crippen molar-refractivity contribution in [1.82, 2.24) is 10.3 Å². The molecule has 0 spiro atoms. The Bertz CT molecular complexity index is 617. The minimum atomic E-state index is -1.01. The Morgan fingerprint density at radius 1 is 1.30 bits per heavy atom. The van der Waals surface area contributed by atoms with E-state index in [1.807, 2.05) is 0 Å². The van der Waals surface area contributed by atoms with Gasteiger partial charge < -0.3 is 10.4 Å². The number of carboxylic acids is 1. The highest BCUT2D eigenvalue weighted by Crippen LogP contribution is 2.15. The predicted molar refractivity (Wildman–Crippen MR) is 75.8 cm³/mol. The quantitative estimate of drug-likeness (QED) is 0.879. The van der Waals surface area contributed by atoms with E-state index in [2.05, 4.69) is 26.2 Å². The summed E-state index contributed by atoms with van der Waals surface area (Å²) in [6, 6.07) is 7.88. The molecule has 0 aliphatic heterocycles. The highest BCUT2D eigenvalue weighted by Gasteiger charge is 2.04. The number of carboxylic acid groups (broad SMARTS) is 1. The molecule has 0 atom stereocenters. The summed E-state index contributed by atoms with van der Waals surface area (Å²) in [5.74, 6) is -1.27. The van der Waals surface area contributed by atoms with E-state index in [-0.39, 0.29) is 11.4 Å². The number of pyridine rings is 1. The Hall–Kier alpha value is -1.79. The first-order chi connectivity index (χ1) is 9.56. The SMILES string of the molecule is O=C(O)c1ccc(CNCc2cc(Br)ccc2F)nc1. The summed E-state index contributed by atoms with van der Waals surface area (Å²) in [6.45, 7) is 0.805. The van der Waals surface area contributed by atoms with E-state index in [1.54, 1.807) is 18.2 Å². The fourth-order valence-electron chi connectivity index (χ4n) is 1.66. The molecule has 0 aliphatic rings. The predicted octanol–water partition coefficient (Wildman–Crippen LogP) is 2.97. The summed E-state index contributed by atoms with van der Waals surface area (Å²) in [5, 5.41) is 11.8. The van der Waals surface area contributed by atoms with Crippen LogP contribution in [0.1, 0.15) is 21.6 Å². The first kappa shape index (κ1) is 14.6. The molecule has 0 saturated heterocycles. The Balaban J connectivity index is 1.92. The van der Waals surface area contributed by atoms with Crippen LogP contribution in [-0.2, 0) is 13.1 Å². The van der Waals surface area contributed by atoms with Crippen LogP contribution in [0, 0.1) is 5.82 Å². The lowest BCUT2D eigenvalue weighted by atomic mass is 10.2. The largest absolute Gasteiger partial charge is 0.478 e. The number of rotatable bonds is 5. The van der Waals surface area contributed by atoms with Crippen LogP contribution in [0.5, 0.6) is 0 Å². The van der Waals surface area contributed by atoms with Gasteiger partial charge in [0.25, 0.3) is 0 Å². The molecule has 4 nitrogen and oxygen atoms in total. The summed E-state index contributed by atoms with van der Waals surface area (Å²) in [6.07, 6.45) is 1.30. The van der Waals surface area contributed by atoms with Gasteiger partial charge in [-0.3, -0.25) is 4.98 Å². The molecule has 2 aromatic rings. The maximum Gasteiger partial charge on any atom is 0.337 e. The van der Waals surface area contributed by atoms with Gasteiger partial charge in [0.15, 0.2) is 0 Å². The van der Waals surface area contributed by atoms with Crippen molar-refractivity contribution in [2.45, 2.75) is 13.1 Å². The number of aromatic carboxylic acids is 1. The normalized spacial score (nSPS) is 10.5. The van der Waals surface area contributed by atoms with Crippen molar-refractivity contribution in [3.8, 4) is 0 Å². The van der Waals surface area contributed by atoms with Crippen molar-refractivity contribution in [1.29, 1.82) is 0 Å². The Morgan fingerprint density at radius 2 is 2.10 bits per heavy atom. The number of carbonyl (C=O) groups is 1. The van der Waals surface area contributed by atoms with Crippen molar-refractivity contribution in [2.75, 3.05) is 0 Å². The summed E-state index contributed by atoms with van der Waals surface area (Å²) in [5.41, 5.74) is 1.40. The number of nitrogens with one attached hydrogen (secondary N) is 1. The number of aromatic nitrogens is 1. The summed E-state index contributed by atoms with van der Waals surface area (Å²) < 4.78 is 14.3. The average molecular weight is 339 g/mol. The average Bonchev–Trinajstić information content (AvgIpc) is 2.43. The van der Waals surface area contributed by atoms with E-state index >= 15 is 0 Å². The Labute approximate surface area is 123 Å². The summed E-state index contributed by atoms with van der Waals surface area (Å²) in [4.78, 5) is 14.7. The highest BCUT2D eigenvalue weighted by atomic mass is 79.9. The number of nitrogens with zero attached hydrogens (tertiary/aromatic N) is 1. The number of hydrogen-bond donors (Lipinski definition) is 2. The van der Waals surface area contributed by atoms with Crippen LogP contribution < -0.4 is 5.32 Å². The third kappa shape index (κ3) is 3.85. The zero-order valence-electron chi connectivity index (χ0n) is 10.4. The molecule has 0 unspecified atom stereocenters. The molecule has 0 fully saturated rings. The van der Waals surface area contributed by atoms with E-state index in [0.29, 0.717) is 24.3 Å². The third-order valence-corrected chi connectivity index (χ3v) is 3.19. The van der Waals surface area contributed by atoms with Crippen molar-refractivity contribution >= 4 is 21.9 Å². The molecule has 0 bridgehead atoms. The van der Waals surface area contributed by atoms with E-state index < -0.39 is 5.97 Å². The maximum absolute atomic E-state index is 13.5. The van der Waals surface area contributed by atoms with Gasteiger partial charge >= 0.3 is 5.97 Å². The van der Waals surface area contributed by atoms with Gasteiger partial charge in [-0.1, -0.05) is 15.9 Å². The molecule has 6 heteroatoms. The first-order valence-corrected chi connectivity index (χ1v) is 6.68. The third-order valence-electron chi connectivity index (χ3n) is 2.70. The maximum atomic E-state index is 13.5. The lowest BCUT2D eigenvalue weighted by Crippen LogP contribution is -2.15. The standard InChI is InChI=1S/C14H12BrFN2O2/c15-11-2-4-13(16)10(5-11)6-17-8-12-3-1-9(7-18-12)14(19)20/h1-5,7,17H,6,8H2,(H,19,20). The molecular weight excluding hydrogens is 327 g/mol. The Kier molecular flexibility index (Phi) is 4.81. The van der Waals surface area contributed by atoms with Crippen LogP contribution in [0.2, 0.25) is 0 Å². The van der Waals surface area contributed by atoms with E-state index in [1.165, 1.54) is 18.3 Å². The Morgan fingerprint density at radius 3 is 2.75 bits per heavy atom. The van der Waals surface area contributed by atoms with Crippen molar-refractivity contribution < 1.29 is 14.3 Å². The number of halogens is 2. The van der Waals surface area contributed by atoms with Gasteiger partial charge in [0.05, 0.1) is 11.3 Å². The molecule has 1 aromatic carbocycles. The van der Waals surface area contributed by atoms with Gasteiger partial charge in [-0.05, 0) is 30.3 Å². The molecule has 0 saturated carbocycles. The zero-order chi connectivity index (χ0) is 14.5. The van der Waals surface area contributed by atoms with Gasteiger partial charge in [-0.25, -0.2) is 9.18 Å². The minimum absolute atomic E-state index is 0.145. The molecule has 20 heavy (non-hydrogen) atoms. The molecule has 2 N–H and O–H groups in total. The van der Waals surface area contributed by atoms with E-state index in [0.717, 1.165) is 4.47 Å². The van der Waals surface area contributed by atoms with Gasteiger partial charge in [0.2, 0.25) is 0 Å².